The molecule has 0 aliphatic carbocycles. The summed E-state index contributed by atoms with van der Waals surface area (Å²) in [7, 11) is 3.83. The largest absolute Gasteiger partial charge is 0.508 e. The molecule has 1 heterocycles. The first-order valence-electron chi connectivity index (χ1n) is 5.25. The van der Waals surface area contributed by atoms with Crippen molar-refractivity contribution in [3.8, 4) is 5.75 Å². The van der Waals surface area contributed by atoms with E-state index >= 15 is 0 Å². The van der Waals surface area contributed by atoms with Crippen LogP contribution in [0.15, 0.2) is 45.8 Å². The molecule has 0 radical (unpaired) electrons. The van der Waals surface area contributed by atoms with Crippen LogP contribution in [-0.2, 0) is 0 Å². The van der Waals surface area contributed by atoms with E-state index in [-0.39, 0.29) is 5.75 Å². The van der Waals surface area contributed by atoms with Gasteiger partial charge in [-0.05, 0) is 30.3 Å². The van der Waals surface area contributed by atoms with Gasteiger partial charge in [-0.25, -0.2) is 0 Å². The lowest BCUT2D eigenvalue weighted by molar-refractivity contribution is 0.475. The zero-order valence-electron chi connectivity index (χ0n) is 9.79. The summed E-state index contributed by atoms with van der Waals surface area (Å²) in [6, 6.07) is 10.4. The molecule has 1 aromatic carbocycles. The topological polar surface area (TPSA) is 49.0 Å². The standard InChI is InChI=1S/C13H14N2O2/c1-15(2)13-8-7-12(17-13)9-14-10-3-5-11(16)6-4-10/h3-9,16H,1-2H3. The van der Waals surface area contributed by atoms with Gasteiger partial charge in [0.1, 0.15) is 11.5 Å². The molecule has 1 aromatic heterocycles. The minimum atomic E-state index is 0.233. The lowest BCUT2D eigenvalue weighted by Gasteiger charge is -2.05. The highest BCUT2D eigenvalue weighted by atomic mass is 16.4. The van der Waals surface area contributed by atoms with Gasteiger partial charge in [-0.1, -0.05) is 0 Å². The van der Waals surface area contributed by atoms with Gasteiger partial charge >= 0.3 is 0 Å². The van der Waals surface area contributed by atoms with E-state index in [9.17, 15) is 0 Å². The van der Waals surface area contributed by atoms with Crippen molar-refractivity contribution in [2.45, 2.75) is 0 Å². The molecular weight excluding hydrogens is 216 g/mol. The number of anilines is 1. The van der Waals surface area contributed by atoms with Gasteiger partial charge in [0.25, 0.3) is 0 Å². The third-order valence-corrected chi connectivity index (χ3v) is 2.24. The molecule has 0 saturated heterocycles. The highest BCUT2D eigenvalue weighted by molar-refractivity contribution is 5.79. The third-order valence-electron chi connectivity index (χ3n) is 2.24. The molecule has 0 bridgehead atoms. The molecule has 17 heavy (non-hydrogen) atoms. The monoisotopic (exact) mass is 230 g/mol. The number of hydrogen-bond donors (Lipinski definition) is 1. The molecule has 88 valence electrons. The van der Waals surface area contributed by atoms with Crippen molar-refractivity contribution in [3.63, 3.8) is 0 Å². The number of aliphatic imine (C=N–C) groups is 1. The van der Waals surface area contributed by atoms with E-state index in [0.717, 1.165) is 11.6 Å². The Kier molecular flexibility index (Phi) is 3.14. The fraction of sp³-hybridized carbons (Fsp3) is 0.154. The number of benzene rings is 1. The molecule has 2 aromatic rings. The Morgan fingerprint density at radius 3 is 2.41 bits per heavy atom. The number of nitrogens with zero attached hydrogens (tertiary/aromatic N) is 2. The van der Waals surface area contributed by atoms with Crippen LogP contribution in [0, 0.1) is 0 Å². The molecule has 4 nitrogen and oxygen atoms in total. The summed E-state index contributed by atoms with van der Waals surface area (Å²) >= 11 is 0. The van der Waals surface area contributed by atoms with E-state index in [1.807, 2.05) is 31.1 Å². The van der Waals surface area contributed by atoms with Crippen LogP contribution in [0.25, 0.3) is 0 Å². The van der Waals surface area contributed by atoms with Crippen LogP contribution < -0.4 is 4.90 Å². The first-order valence-corrected chi connectivity index (χ1v) is 5.25. The van der Waals surface area contributed by atoms with Gasteiger partial charge in [0.05, 0.1) is 11.9 Å². The lowest BCUT2D eigenvalue weighted by Crippen LogP contribution is -2.06. The van der Waals surface area contributed by atoms with Crippen LogP contribution in [0.1, 0.15) is 5.76 Å². The van der Waals surface area contributed by atoms with Gasteiger partial charge in [0.2, 0.25) is 0 Å². The van der Waals surface area contributed by atoms with E-state index in [1.165, 1.54) is 0 Å². The van der Waals surface area contributed by atoms with Crippen LogP contribution in [0.2, 0.25) is 0 Å². The minimum absolute atomic E-state index is 0.233. The van der Waals surface area contributed by atoms with Crippen LogP contribution in [0.5, 0.6) is 5.75 Å². The molecule has 0 atom stereocenters. The molecule has 0 fully saturated rings. The predicted octanol–water partition coefficient (Wildman–Crippen LogP) is 2.80. The lowest BCUT2D eigenvalue weighted by atomic mass is 10.3. The van der Waals surface area contributed by atoms with Gasteiger partial charge in [-0.3, -0.25) is 4.99 Å². The van der Waals surface area contributed by atoms with Crippen molar-refractivity contribution < 1.29 is 9.52 Å². The number of aromatic hydroxyl groups is 1. The third kappa shape index (κ3) is 2.87. The Hall–Kier alpha value is -2.23. The summed E-state index contributed by atoms with van der Waals surface area (Å²) in [5.41, 5.74) is 0.769. The average Bonchev–Trinajstić information content (AvgIpc) is 2.77. The van der Waals surface area contributed by atoms with Crippen LogP contribution in [0.4, 0.5) is 11.6 Å². The highest BCUT2D eigenvalue weighted by Gasteiger charge is 2.00. The molecule has 0 aliphatic rings. The van der Waals surface area contributed by atoms with Crippen LogP contribution in [0.3, 0.4) is 0 Å². The number of phenolic OH excluding ortho intramolecular Hbond substituents is 1. The Morgan fingerprint density at radius 1 is 1.12 bits per heavy atom. The molecule has 4 heteroatoms. The Balaban J connectivity index is 2.11. The summed E-state index contributed by atoms with van der Waals surface area (Å²) < 4.78 is 5.52. The molecule has 0 aliphatic heterocycles. The number of hydrogen-bond acceptors (Lipinski definition) is 4. The summed E-state index contributed by atoms with van der Waals surface area (Å²) in [5.74, 6) is 1.72. The Labute approximate surface area is 99.8 Å². The number of furan rings is 1. The predicted molar refractivity (Wildman–Crippen MR) is 68.4 cm³/mol. The maximum atomic E-state index is 9.13. The van der Waals surface area contributed by atoms with Crippen molar-refractivity contribution in [1.82, 2.24) is 0 Å². The van der Waals surface area contributed by atoms with E-state index in [4.69, 9.17) is 9.52 Å². The van der Waals surface area contributed by atoms with Crippen molar-refractivity contribution in [3.05, 3.63) is 42.2 Å². The van der Waals surface area contributed by atoms with Crippen LogP contribution >= 0.6 is 0 Å². The van der Waals surface area contributed by atoms with E-state index in [2.05, 4.69) is 4.99 Å². The van der Waals surface area contributed by atoms with Crippen molar-refractivity contribution in [1.29, 1.82) is 0 Å². The van der Waals surface area contributed by atoms with E-state index in [0.29, 0.717) is 5.76 Å². The summed E-state index contributed by atoms with van der Waals surface area (Å²) in [6.07, 6.45) is 1.65. The zero-order valence-corrected chi connectivity index (χ0v) is 9.79. The van der Waals surface area contributed by atoms with Gasteiger partial charge in [-0.2, -0.15) is 0 Å². The summed E-state index contributed by atoms with van der Waals surface area (Å²) in [4.78, 5) is 6.13. The summed E-state index contributed by atoms with van der Waals surface area (Å²) in [6.45, 7) is 0. The molecule has 0 unspecified atom stereocenters. The summed E-state index contributed by atoms with van der Waals surface area (Å²) in [5, 5.41) is 9.13. The SMILES string of the molecule is CN(C)c1ccc(C=Nc2ccc(O)cc2)o1. The Morgan fingerprint density at radius 2 is 1.82 bits per heavy atom. The smallest absolute Gasteiger partial charge is 0.195 e. The quantitative estimate of drug-likeness (QED) is 0.825. The van der Waals surface area contributed by atoms with Gasteiger partial charge in [-0.15, -0.1) is 0 Å². The zero-order chi connectivity index (χ0) is 12.3. The second-order valence-electron chi connectivity index (χ2n) is 3.85. The average molecular weight is 230 g/mol. The fourth-order valence-corrected chi connectivity index (χ4v) is 1.33. The van der Waals surface area contributed by atoms with E-state index in [1.54, 1.807) is 30.5 Å². The van der Waals surface area contributed by atoms with Gasteiger partial charge in [0.15, 0.2) is 5.88 Å². The van der Waals surface area contributed by atoms with Crippen LogP contribution in [-0.4, -0.2) is 25.4 Å². The first-order chi connectivity index (χ1) is 8.15. The van der Waals surface area contributed by atoms with Crippen molar-refractivity contribution in [2.24, 2.45) is 4.99 Å². The fourth-order valence-electron chi connectivity index (χ4n) is 1.33. The second-order valence-corrected chi connectivity index (χ2v) is 3.85. The van der Waals surface area contributed by atoms with Gasteiger partial charge < -0.3 is 14.4 Å². The molecule has 0 saturated carbocycles. The second kappa shape index (κ2) is 4.74. The highest BCUT2D eigenvalue weighted by Crippen LogP contribution is 2.18. The number of rotatable bonds is 3. The first kappa shape index (κ1) is 11.3. The molecular formula is C13H14N2O2. The molecule has 0 amide bonds. The molecule has 2 rings (SSSR count). The maximum absolute atomic E-state index is 9.13. The maximum Gasteiger partial charge on any atom is 0.195 e. The van der Waals surface area contributed by atoms with Crippen molar-refractivity contribution >= 4 is 17.8 Å². The normalized spacial score (nSPS) is 10.9. The van der Waals surface area contributed by atoms with Gasteiger partial charge in [0, 0.05) is 20.2 Å². The molecule has 0 spiro atoms. The van der Waals surface area contributed by atoms with Crippen molar-refractivity contribution in [2.75, 3.05) is 19.0 Å². The molecule has 1 N–H and O–H groups in total. The van der Waals surface area contributed by atoms with E-state index < -0.39 is 0 Å². The Bertz CT molecular complexity index is 512. The minimum Gasteiger partial charge on any atom is -0.508 e. The number of phenols is 1.